The monoisotopic (exact) mass is 367 g/mol. The maximum Gasteiger partial charge on any atom is 0.300 e. The largest absolute Gasteiger partial charge is 0.339 e. The minimum atomic E-state index is -0.675. The Morgan fingerprint density at radius 2 is 1.89 bits per heavy atom. The average molecular weight is 367 g/mol. The van der Waals surface area contributed by atoms with Crippen LogP contribution < -0.4 is 10.9 Å². The summed E-state index contributed by atoms with van der Waals surface area (Å²) in [6.07, 6.45) is 1.38. The average Bonchev–Trinajstić information content (AvgIpc) is 3.10. The van der Waals surface area contributed by atoms with Crippen LogP contribution in [0.2, 0.25) is 0 Å². The molecular weight excluding hydrogens is 352 g/mol. The van der Waals surface area contributed by atoms with E-state index in [1.165, 1.54) is 18.5 Å². The maximum atomic E-state index is 13.6. The summed E-state index contributed by atoms with van der Waals surface area (Å²) in [5, 5.41) is 3.12. The molecule has 4 aromatic rings. The van der Waals surface area contributed by atoms with E-state index in [1.807, 2.05) is 31.2 Å². The lowest BCUT2D eigenvalue weighted by Gasteiger charge is -2.16. The smallest absolute Gasteiger partial charge is 0.300 e. The van der Waals surface area contributed by atoms with Crippen molar-refractivity contribution in [2.45, 2.75) is 13.5 Å². The number of H-pyrrole nitrogens is 1. The molecule has 0 aliphatic rings. The molecular formula is C19H15F2N5O. The van der Waals surface area contributed by atoms with Gasteiger partial charge in [0.2, 0.25) is 5.95 Å². The Labute approximate surface area is 152 Å². The molecule has 0 saturated heterocycles. The van der Waals surface area contributed by atoms with E-state index < -0.39 is 17.2 Å². The van der Waals surface area contributed by atoms with E-state index in [9.17, 15) is 13.6 Å². The van der Waals surface area contributed by atoms with E-state index in [0.717, 1.165) is 17.3 Å². The van der Waals surface area contributed by atoms with E-state index in [1.54, 1.807) is 4.57 Å². The molecule has 4 rings (SSSR count). The van der Waals surface area contributed by atoms with Gasteiger partial charge in [0.1, 0.15) is 11.6 Å². The van der Waals surface area contributed by atoms with Crippen molar-refractivity contribution in [1.29, 1.82) is 0 Å². The molecule has 0 saturated carbocycles. The van der Waals surface area contributed by atoms with Gasteiger partial charge >= 0.3 is 5.56 Å². The summed E-state index contributed by atoms with van der Waals surface area (Å²) in [4.78, 5) is 23.3. The molecule has 2 heterocycles. The number of nitrogens with one attached hydrogen (secondary N) is 2. The van der Waals surface area contributed by atoms with Crippen LogP contribution in [-0.4, -0.2) is 19.5 Å². The zero-order valence-electron chi connectivity index (χ0n) is 14.3. The highest BCUT2D eigenvalue weighted by molar-refractivity contribution is 5.72. The summed E-state index contributed by atoms with van der Waals surface area (Å²) in [6.45, 7) is 2.00. The number of aromatic amines is 1. The van der Waals surface area contributed by atoms with Crippen LogP contribution in [0.5, 0.6) is 0 Å². The number of halogens is 2. The number of hydrogen-bond acceptors (Lipinski definition) is 4. The van der Waals surface area contributed by atoms with E-state index >= 15 is 0 Å². The van der Waals surface area contributed by atoms with Gasteiger partial charge in [-0.15, -0.1) is 0 Å². The fourth-order valence-corrected chi connectivity index (χ4v) is 2.93. The van der Waals surface area contributed by atoms with Gasteiger partial charge in [0, 0.05) is 11.8 Å². The highest BCUT2D eigenvalue weighted by atomic mass is 19.1. The van der Waals surface area contributed by atoms with E-state index in [0.29, 0.717) is 11.2 Å². The Bertz CT molecular complexity index is 1180. The zero-order chi connectivity index (χ0) is 19.0. The fourth-order valence-electron chi connectivity index (χ4n) is 2.93. The second kappa shape index (κ2) is 6.64. The summed E-state index contributed by atoms with van der Waals surface area (Å²) >= 11 is 0. The van der Waals surface area contributed by atoms with Crippen molar-refractivity contribution in [2.75, 3.05) is 5.32 Å². The predicted molar refractivity (Wildman–Crippen MR) is 98.1 cm³/mol. The summed E-state index contributed by atoms with van der Waals surface area (Å²) in [7, 11) is 0. The number of benzene rings is 2. The lowest BCUT2D eigenvalue weighted by molar-refractivity contribution is 0.578. The molecule has 0 spiro atoms. The normalized spacial score (nSPS) is 11.1. The first-order chi connectivity index (χ1) is 13.0. The number of imidazole rings is 1. The molecule has 0 aliphatic carbocycles. The highest BCUT2D eigenvalue weighted by Crippen LogP contribution is 2.21. The second-order valence-corrected chi connectivity index (χ2v) is 6.15. The minimum absolute atomic E-state index is 0.0809. The van der Waals surface area contributed by atoms with E-state index in [4.69, 9.17) is 0 Å². The van der Waals surface area contributed by atoms with Crippen LogP contribution in [0, 0.1) is 18.6 Å². The van der Waals surface area contributed by atoms with Crippen LogP contribution in [-0.2, 0) is 6.54 Å². The summed E-state index contributed by atoms with van der Waals surface area (Å²) < 4.78 is 28.8. The van der Waals surface area contributed by atoms with Crippen LogP contribution >= 0.6 is 0 Å². The van der Waals surface area contributed by atoms with Crippen molar-refractivity contribution in [1.82, 2.24) is 19.5 Å². The molecule has 6 nitrogen and oxygen atoms in total. The van der Waals surface area contributed by atoms with Crippen molar-refractivity contribution in [3.63, 3.8) is 0 Å². The van der Waals surface area contributed by atoms with Gasteiger partial charge in [0.25, 0.3) is 0 Å². The lowest BCUT2D eigenvalue weighted by atomic mass is 10.2. The van der Waals surface area contributed by atoms with Gasteiger partial charge in [0.15, 0.2) is 11.2 Å². The first-order valence-electron chi connectivity index (χ1n) is 8.23. The van der Waals surface area contributed by atoms with Crippen LogP contribution in [0.15, 0.2) is 53.6 Å². The second-order valence-electron chi connectivity index (χ2n) is 6.15. The van der Waals surface area contributed by atoms with Crippen molar-refractivity contribution in [3.8, 4) is 0 Å². The fraction of sp³-hybridized carbons (Fsp3) is 0.105. The van der Waals surface area contributed by atoms with Gasteiger partial charge < -0.3 is 10.3 Å². The number of nitrogens with zero attached hydrogens (tertiary/aromatic N) is 3. The van der Waals surface area contributed by atoms with Crippen LogP contribution in [0.1, 0.15) is 11.1 Å². The molecule has 0 amide bonds. The molecule has 0 fully saturated rings. The SMILES string of the molecule is Cc1ccccc1Nc1nc(=O)c2[nH]cnc2n1Cc1cc(F)cc(F)c1. The number of aryl methyl sites for hydroxylation is 1. The molecule has 27 heavy (non-hydrogen) atoms. The maximum absolute atomic E-state index is 13.6. The van der Waals surface area contributed by atoms with Crippen molar-refractivity contribution >= 4 is 22.8 Å². The standard InChI is InChI=1S/C19H15F2N5O/c1-11-4-2-3-5-15(11)24-19-25-18(27)16-17(23-10-22-16)26(19)9-12-6-13(20)8-14(21)7-12/h2-8,10H,9H2,1H3,(H,22,23)(H,24,25,27). The Balaban J connectivity index is 1.86. The lowest BCUT2D eigenvalue weighted by Crippen LogP contribution is -2.19. The Hall–Kier alpha value is -3.55. The molecule has 0 atom stereocenters. The van der Waals surface area contributed by atoms with Gasteiger partial charge in [-0.2, -0.15) is 4.98 Å². The van der Waals surface area contributed by atoms with Crippen molar-refractivity contribution < 1.29 is 8.78 Å². The van der Waals surface area contributed by atoms with Crippen molar-refractivity contribution in [3.05, 3.63) is 81.9 Å². The Kier molecular flexibility index (Phi) is 4.15. The van der Waals surface area contributed by atoms with Crippen LogP contribution in [0.25, 0.3) is 11.2 Å². The third kappa shape index (κ3) is 3.29. The van der Waals surface area contributed by atoms with Crippen molar-refractivity contribution in [2.24, 2.45) is 0 Å². The molecule has 2 aromatic carbocycles. The quantitative estimate of drug-likeness (QED) is 0.579. The predicted octanol–water partition coefficient (Wildman–Crippen LogP) is 3.50. The number of hydrogen-bond donors (Lipinski definition) is 2. The Morgan fingerprint density at radius 1 is 1.15 bits per heavy atom. The van der Waals surface area contributed by atoms with Crippen LogP contribution in [0.3, 0.4) is 0 Å². The van der Waals surface area contributed by atoms with E-state index in [-0.39, 0.29) is 18.0 Å². The third-order valence-corrected chi connectivity index (χ3v) is 4.21. The molecule has 8 heteroatoms. The first-order valence-corrected chi connectivity index (χ1v) is 8.23. The molecule has 136 valence electrons. The number of fused-ring (bicyclic) bond motifs is 1. The molecule has 0 aliphatic heterocycles. The number of para-hydroxylation sites is 1. The van der Waals surface area contributed by atoms with Gasteiger partial charge in [-0.25, -0.2) is 13.8 Å². The van der Waals surface area contributed by atoms with Gasteiger partial charge in [-0.1, -0.05) is 18.2 Å². The van der Waals surface area contributed by atoms with Crippen LogP contribution in [0.4, 0.5) is 20.4 Å². The molecule has 0 radical (unpaired) electrons. The minimum Gasteiger partial charge on any atom is -0.339 e. The highest BCUT2D eigenvalue weighted by Gasteiger charge is 2.15. The van der Waals surface area contributed by atoms with Gasteiger partial charge in [-0.05, 0) is 36.2 Å². The molecule has 0 unspecified atom stereocenters. The summed E-state index contributed by atoms with van der Waals surface area (Å²) in [5.74, 6) is -1.12. The van der Waals surface area contributed by atoms with E-state index in [2.05, 4.69) is 20.3 Å². The number of rotatable bonds is 4. The zero-order valence-corrected chi connectivity index (χ0v) is 14.3. The molecule has 2 N–H and O–H groups in total. The third-order valence-electron chi connectivity index (χ3n) is 4.21. The summed E-state index contributed by atoms with van der Waals surface area (Å²) in [6, 6.07) is 10.8. The molecule has 2 aromatic heterocycles. The van der Waals surface area contributed by atoms with Gasteiger partial charge in [0.05, 0.1) is 12.9 Å². The Morgan fingerprint density at radius 3 is 2.63 bits per heavy atom. The number of anilines is 2. The first kappa shape index (κ1) is 16.9. The van der Waals surface area contributed by atoms with Gasteiger partial charge in [-0.3, -0.25) is 9.36 Å². The number of aromatic nitrogens is 4. The molecule has 0 bridgehead atoms. The summed E-state index contributed by atoms with van der Waals surface area (Å²) in [5.41, 5.74) is 2.20. The topological polar surface area (TPSA) is 75.6 Å².